The minimum Gasteiger partial charge on any atom is -0.357 e. The first-order chi connectivity index (χ1) is 12.4. The molecule has 0 aliphatic carbocycles. The molecular weight excluding hydrogens is 353 g/mol. The van der Waals surface area contributed by atoms with Crippen LogP contribution in [0.3, 0.4) is 0 Å². The molecule has 0 aliphatic rings. The molecule has 0 saturated carbocycles. The van der Waals surface area contributed by atoms with Crippen LogP contribution in [0.4, 0.5) is 4.39 Å². The number of benzene rings is 2. The Bertz CT molecular complexity index is 832. The molecule has 0 saturated heterocycles. The van der Waals surface area contributed by atoms with Gasteiger partial charge in [0.05, 0.1) is 11.4 Å². The lowest BCUT2D eigenvalue weighted by atomic mass is 10.1. The number of hydrogen-bond donors (Lipinski definition) is 2. The molecular formula is C19H24FN3O2S. The van der Waals surface area contributed by atoms with E-state index >= 15 is 0 Å². The first kappa shape index (κ1) is 19.9. The molecule has 0 fully saturated rings. The van der Waals surface area contributed by atoms with Crippen molar-refractivity contribution in [2.24, 2.45) is 4.99 Å². The molecule has 0 aliphatic heterocycles. The Morgan fingerprint density at radius 2 is 1.62 bits per heavy atom. The molecule has 140 valence electrons. The van der Waals surface area contributed by atoms with Gasteiger partial charge in [0, 0.05) is 19.3 Å². The Kier molecular flexibility index (Phi) is 7.15. The number of rotatable bonds is 7. The molecule has 0 amide bonds. The molecule has 2 aromatic rings. The predicted molar refractivity (Wildman–Crippen MR) is 102 cm³/mol. The monoisotopic (exact) mass is 377 g/mol. The van der Waals surface area contributed by atoms with E-state index in [2.05, 4.69) is 15.6 Å². The summed E-state index contributed by atoms with van der Waals surface area (Å²) in [5.41, 5.74) is 1.97. The maximum absolute atomic E-state index is 12.9. The quantitative estimate of drug-likeness (QED) is 0.575. The van der Waals surface area contributed by atoms with Crippen LogP contribution in [0.2, 0.25) is 0 Å². The van der Waals surface area contributed by atoms with Gasteiger partial charge in [-0.2, -0.15) is 0 Å². The van der Waals surface area contributed by atoms with Gasteiger partial charge in [0.1, 0.15) is 5.82 Å². The molecule has 7 heteroatoms. The van der Waals surface area contributed by atoms with Gasteiger partial charge < -0.3 is 10.6 Å². The van der Waals surface area contributed by atoms with E-state index in [1.54, 1.807) is 24.3 Å². The SMILES string of the molecule is CCNC(=NCc1ccc(F)cc1)NCCc1ccc(S(C)(=O)=O)cc1. The Labute approximate surface area is 154 Å². The maximum Gasteiger partial charge on any atom is 0.191 e. The van der Waals surface area contributed by atoms with Gasteiger partial charge in [-0.3, -0.25) is 0 Å². The highest BCUT2D eigenvalue weighted by atomic mass is 32.2. The highest BCUT2D eigenvalue weighted by Gasteiger charge is 2.06. The van der Waals surface area contributed by atoms with Crippen LogP contribution in [0.1, 0.15) is 18.1 Å². The van der Waals surface area contributed by atoms with Crippen molar-refractivity contribution in [1.29, 1.82) is 0 Å². The second-order valence-electron chi connectivity index (χ2n) is 5.91. The fourth-order valence-electron chi connectivity index (χ4n) is 2.33. The van der Waals surface area contributed by atoms with Crippen molar-refractivity contribution in [1.82, 2.24) is 10.6 Å². The number of aliphatic imine (C=N–C) groups is 1. The molecule has 0 spiro atoms. The molecule has 5 nitrogen and oxygen atoms in total. The van der Waals surface area contributed by atoms with Crippen molar-refractivity contribution in [3.8, 4) is 0 Å². The Morgan fingerprint density at radius 1 is 1.00 bits per heavy atom. The van der Waals surface area contributed by atoms with Crippen molar-refractivity contribution < 1.29 is 12.8 Å². The van der Waals surface area contributed by atoms with Gasteiger partial charge in [-0.15, -0.1) is 0 Å². The largest absolute Gasteiger partial charge is 0.357 e. The van der Waals surface area contributed by atoms with Crippen molar-refractivity contribution in [3.63, 3.8) is 0 Å². The molecule has 0 heterocycles. The van der Waals surface area contributed by atoms with E-state index in [1.807, 2.05) is 19.1 Å². The average Bonchev–Trinajstić information content (AvgIpc) is 2.61. The van der Waals surface area contributed by atoms with Crippen molar-refractivity contribution in [2.75, 3.05) is 19.3 Å². The third kappa shape index (κ3) is 6.48. The number of nitrogens with zero attached hydrogens (tertiary/aromatic N) is 1. The van der Waals surface area contributed by atoms with E-state index in [-0.39, 0.29) is 5.82 Å². The lowest BCUT2D eigenvalue weighted by molar-refractivity contribution is 0.602. The molecule has 2 N–H and O–H groups in total. The van der Waals surface area contributed by atoms with Gasteiger partial charge in [0.2, 0.25) is 0 Å². The van der Waals surface area contributed by atoms with Crippen LogP contribution < -0.4 is 10.6 Å². The highest BCUT2D eigenvalue weighted by Crippen LogP contribution is 2.10. The van der Waals surface area contributed by atoms with E-state index in [0.717, 1.165) is 24.1 Å². The van der Waals surface area contributed by atoms with E-state index in [9.17, 15) is 12.8 Å². The molecule has 2 aromatic carbocycles. The van der Waals surface area contributed by atoms with Crippen LogP contribution in [-0.4, -0.2) is 33.7 Å². The third-order valence-electron chi connectivity index (χ3n) is 3.73. The summed E-state index contributed by atoms with van der Waals surface area (Å²) in [6, 6.07) is 13.2. The van der Waals surface area contributed by atoms with Crippen molar-refractivity contribution in [3.05, 3.63) is 65.5 Å². The summed E-state index contributed by atoms with van der Waals surface area (Å²) in [7, 11) is -3.17. The van der Waals surface area contributed by atoms with Gasteiger partial charge >= 0.3 is 0 Å². The molecule has 0 bridgehead atoms. The van der Waals surface area contributed by atoms with Gasteiger partial charge in [0.15, 0.2) is 15.8 Å². The molecule has 2 rings (SSSR count). The summed E-state index contributed by atoms with van der Waals surface area (Å²) >= 11 is 0. The average molecular weight is 377 g/mol. The maximum atomic E-state index is 12.9. The zero-order valence-corrected chi connectivity index (χ0v) is 15.8. The van der Waals surface area contributed by atoms with E-state index in [0.29, 0.717) is 23.9 Å². The molecule has 26 heavy (non-hydrogen) atoms. The normalized spacial score (nSPS) is 12.0. The second kappa shape index (κ2) is 9.33. The zero-order valence-electron chi connectivity index (χ0n) is 15.0. The summed E-state index contributed by atoms with van der Waals surface area (Å²) in [5, 5.41) is 6.41. The third-order valence-corrected chi connectivity index (χ3v) is 4.86. The Hall–Kier alpha value is -2.41. The molecule has 0 aromatic heterocycles. The lowest BCUT2D eigenvalue weighted by Crippen LogP contribution is -2.38. The minimum absolute atomic E-state index is 0.260. The lowest BCUT2D eigenvalue weighted by Gasteiger charge is -2.11. The topological polar surface area (TPSA) is 70.6 Å². The number of hydrogen-bond acceptors (Lipinski definition) is 3. The van der Waals surface area contributed by atoms with Crippen molar-refractivity contribution >= 4 is 15.8 Å². The van der Waals surface area contributed by atoms with E-state index in [1.165, 1.54) is 18.4 Å². The summed E-state index contributed by atoms with van der Waals surface area (Å²) in [5.74, 6) is 0.425. The van der Waals surface area contributed by atoms with E-state index < -0.39 is 9.84 Å². The van der Waals surface area contributed by atoms with Gasteiger partial charge in [-0.1, -0.05) is 24.3 Å². The highest BCUT2D eigenvalue weighted by molar-refractivity contribution is 7.90. The molecule has 0 unspecified atom stereocenters. The summed E-state index contributed by atoms with van der Waals surface area (Å²) in [4.78, 5) is 4.81. The fraction of sp³-hybridized carbons (Fsp3) is 0.316. The smallest absolute Gasteiger partial charge is 0.191 e. The van der Waals surface area contributed by atoms with Crippen LogP contribution in [0.25, 0.3) is 0 Å². The second-order valence-corrected chi connectivity index (χ2v) is 7.93. The summed E-state index contributed by atoms with van der Waals surface area (Å²) in [6.07, 6.45) is 1.94. The number of nitrogens with one attached hydrogen (secondary N) is 2. The Balaban J connectivity index is 1.89. The number of sulfone groups is 1. The van der Waals surface area contributed by atoms with Crippen LogP contribution >= 0.6 is 0 Å². The summed E-state index contributed by atoms with van der Waals surface area (Å²) in [6.45, 7) is 3.84. The first-order valence-electron chi connectivity index (χ1n) is 8.44. The summed E-state index contributed by atoms with van der Waals surface area (Å²) < 4.78 is 35.9. The fourth-order valence-corrected chi connectivity index (χ4v) is 2.96. The zero-order chi connectivity index (χ0) is 19.0. The molecule has 0 atom stereocenters. The Morgan fingerprint density at radius 3 is 2.19 bits per heavy atom. The number of halogens is 1. The number of guanidine groups is 1. The van der Waals surface area contributed by atoms with Gasteiger partial charge in [0.25, 0.3) is 0 Å². The van der Waals surface area contributed by atoms with Crippen molar-refractivity contribution in [2.45, 2.75) is 24.8 Å². The van der Waals surface area contributed by atoms with Crippen LogP contribution in [0, 0.1) is 5.82 Å². The molecule has 0 radical (unpaired) electrons. The van der Waals surface area contributed by atoms with E-state index in [4.69, 9.17) is 0 Å². The van der Waals surface area contributed by atoms with Gasteiger partial charge in [-0.05, 0) is 48.7 Å². The minimum atomic E-state index is -3.17. The van der Waals surface area contributed by atoms with Crippen LogP contribution in [0.5, 0.6) is 0 Å². The first-order valence-corrected chi connectivity index (χ1v) is 10.3. The van der Waals surface area contributed by atoms with Gasteiger partial charge in [-0.25, -0.2) is 17.8 Å². The standard InChI is InChI=1S/C19H24FN3O2S/c1-3-21-19(23-14-16-4-8-17(20)9-5-16)22-13-12-15-6-10-18(11-7-15)26(2,24)25/h4-11H,3,12-14H2,1-2H3,(H2,21,22,23). The van der Waals surface area contributed by atoms with Crippen LogP contribution in [-0.2, 0) is 22.8 Å². The predicted octanol–water partition coefficient (Wildman–Crippen LogP) is 2.53. The van der Waals surface area contributed by atoms with Crippen LogP contribution in [0.15, 0.2) is 58.4 Å².